The van der Waals surface area contributed by atoms with Crippen LogP contribution >= 0.6 is 0 Å². The van der Waals surface area contributed by atoms with Gasteiger partial charge < -0.3 is 14.8 Å². The van der Waals surface area contributed by atoms with Gasteiger partial charge in [-0.2, -0.15) is 13.2 Å². The summed E-state index contributed by atoms with van der Waals surface area (Å²) < 4.78 is 47.9. The van der Waals surface area contributed by atoms with Crippen LogP contribution in [0, 0.1) is 0 Å². The lowest BCUT2D eigenvalue weighted by molar-refractivity contribution is -0.142. The van der Waals surface area contributed by atoms with Crippen molar-refractivity contribution in [3.05, 3.63) is 29.8 Å². The zero-order valence-corrected chi connectivity index (χ0v) is 12.1. The molecule has 0 radical (unpaired) electrons. The Morgan fingerprint density at radius 3 is 2.50 bits per heavy atom. The third-order valence-corrected chi connectivity index (χ3v) is 2.72. The van der Waals surface area contributed by atoms with Crippen molar-refractivity contribution in [2.24, 2.45) is 0 Å². The van der Waals surface area contributed by atoms with Crippen molar-refractivity contribution in [1.29, 1.82) is 0 Å². The van der Waals surface area contributed by atoms with Crippen LogP contribution in [0.1, 0.15) is 18.9 Å². The number of methoxy groups -OCH3 is 1. The van der Waals surface area contributed by atoms with Gasteiger partial charge in [0.2, 0.25) is 0 Å². The summed E-state index contributed by atoms with van der Waals surface area (Å²) in [6.07, 6.45) is -5.74. The fourth-order valence-electron chi connectivity index (χ4n) is 1.58. The van der Waals surface area contributed by atoms with E-state index in [2.05, 4.69) is 10.1 Å². The fraction of sp³-hybridized carbons (Fsp3) is 0.429. The molecule has 0 unspecified atom stereocenters. The highest BCUT2D eigenvalue weighted by molar-refractivity contribution is 5.81. The predicted octanol–water partition coefficient (Wildman–Crippen LogP) is 2.15. The van der Waals surface area contributed by atoms with Crippen molar-refractivity contribution < 1.29 is 32.2 Å². The Kier molecular flexibility index (Phi) is 6.21. The fourth-order valence-corrected chi connectivity index (χ4v) is 1.58. The molecule has 0 aliphatic rings. The molecule has 0 aliphatic heterocycles. The molecule has 0 bridgehead atoms. The first kappa shape index (κ1) is 17.8. The maximum atomic E-state index is 12.8. The van der Waals surface area contributed by atoms with E-state index in [0.29, 0.717) is 0 Å². The lowest BCUT2D eigenvalue weighted by Gasteiger charge is -2.18. The molecule has 1 N–H and O–H groups in total. The SMILES string of the molecule is COC(=O)CCNC(=O)[C@H](C)Oc1ccccc1C(F)(F)F. The topological polar surface area (TPSA) is 64.6 Å². The molecule has 5 nitrogen and oxygen atoms in total. The van der Waals surface area contributed by atoms with Crippen LogP contribution in [0.4, 0.5) is 13.2 Å². The van der Waals surface area contributed by atoms with Crippen LogP contribution in [-0.4, -0.2) is 31.6 Å². The van der Waals surface area contributed by atoms with E-state index < -0.39 is 35.5 Å². The second kappa shape index (κ2) is 7.67. The number of halogens is 3. The van der Waals surface area contributed by atoms with E-state index in [0.717, 1.165) is 12.1 Å². The van der Waals surface area contributed by atoms with Crippen molar-refractivity contribution in [3.63, 3.8) is 0 Å². The second-order valence-corrected chi connectivity index (χ2v) is 4.37. The smallest absolute Gasteiger partial charge is 0.419 e. The summed E-state index contributed by atoms with van der Waals surface area (Å²) in [6.45, 7) is 1.33. The zero-order valence-electron chi connectivity index (χ0n) is 12.1. The number of esters is 1. The first-order valence-corrected chi connectivity index (χ1v) is 6.43. The number of nitrogens with one attached hydrogen (secondary N) is 1. The van der Waals surface area contributed by atoms with E-state index in [-0.39, 0.29) is 13.0 Å². The lowest BCUT2D eigenvalue weighted by Crippen LogP contribution is -2.37. The van der Waals surface area contributed by atoms with Crippen LogP contribution < -0.4 is 10.1 Å². The summed E-state index contributed by atoms with van der Waals surface area (Å²) in [5.41, 5.74) is -0.954. The van der Waals surface area contributed by atoms with Crippen molar-refractivity contribution in [2.75, 3.05) is 13.7 Å². The molecule has 1 aromatic carbocycles. The number of rotatable bonds is 6. The first-order valence-electron chi connectivity index (χ1n) is 6.43. The summed E-state index contributed by atoms with van der Waals surface area (Å²) in [5.74, 6) is -1.55. The number of hydrogen-bond donors (Lipinski definition) is 1. The molecule has 0 fully saturated rings. The Labute approximate surface area is 125 Å². The summed E-state index contributed by atoms with van der Waals surface area (Å²) in [6, 6.07) is 4.63. The molecule has 0 heterocycles. The standard InChI is InChI=1S/C14H16F3NO4/c1-9(13(20)18-8-7-12(19)21-2)22-11-6-4-3-5-10(11)14(15,16)17/h3-6,9H,7-8H2,1-2H3,(H,18,20)/t9-/m0/s1. The molecule has 1 aromatic rings. The third kappa shape index (κ3) is 5.27. The lowest BCUT2D eigenvalue weighted by atomic mass is 10.2. The minimum absolute atomic E-state index is 0.0140. The number of para-hydroxylation sites is 1. The maximum absolute atomic E-state index is 12.8. The van der Waals surface area contributed by atoms with E-state index in [9.17, 15) is 22.8 Å². The molecular weight excluding hydrogens is 303 g/mol. The summed E-state index contributed by atoms with van der Waals surface area (Å²) in [7, 11) is 1.21. The summed E-state index contributed by atoms with van der Waals surface area (Å²) >= 11 is 0. The maximum Gasteiger partial charge on any atom is 0.419 e. The molecule has 1 atom stereocenters. The molecule has 22 heavy (non-hydrogen) atoms. The molecule has 0 aromatic heterocycles. The molecule has 0 saturated carbocycles. The highest BCUT2D eigenvalue weighted by Crippen LogP contribution is 2.36. The van der Waals surface area contributed by atoms with Gasteiger partial charge in [0.1, 0.15) is 5.75 Å². The van der Waals surface area contributed by atoms with Gasteiger partial charge >= 0.3 is 12.1 Å². The molecule has 0 spiro atoms. The van der Waals surface area contributed by atoms with Crippen LogP contribution in [0.5, 0.6) is 5.75 Å². The third-order valence-electron chi connectivity index (χ3n) is 2.72. The van der Waals surface area contributed by atoms with Crippen LogP contribution in [0.25, 0.3) is 0 Å². The van der Waals surface area contributed by atoms with Gasteiger partial charge in [0.05, 0.1) is 19.1 Å². The molecular formula is C14H16F3NO4. The van der Waals surface area contributed by atoms with E-state index in [1.807, 2.05) is 0 Å². The second-order valence-electron chi connectivity index (χ2n) is 4.37. The quantitative estimate of drug-likeness (QED) is 0.816. The molecule has 122 valence electrons. The van der Waals surface area contributed by atoms with Gasteiger partial charge in [0.25, 0.3) is 5.91 Å². The average Bonchev–Trinajstić information content (AvgIpc) is 2.46. The average molecular weight is 319 g/mol. The van der Waals surface area contributed by atoms with Crippen molar-refractivity contribution >= 4 is 11.9 Å². The van der Waals surface area contributed by atoms with Gasteiger partial charge in [-0.15, -0.1) is 0 Å². The first-order chi connectivity index (χ1) is 10.3. The molecule has 1 rings (SSSR count). The minimum atomic E-state index is -4.57. The Hall–Kier alpha value is -2.25. The van der Waals surface area contributed by atoms with Gasteiger partial charge in [-0.1, -0.05) is 12.1 Å². The molecule has 1 amide bonds. The number of ether oxygens (including phenoxy) is 2. The van der Waals surface area contributed by atoms with E-state index in [1.54, 1.807) is 0 Å². The van der Waals surface area contributed by atoms with Crippen LogP contribution in [0.3, 0.4) is 0 Å². The number of carbonyl (C=O) groups is 2. The minimum Gasteiger partial charge on any atom is -0.480 e. The van der Waals surface area contributed by atoms with Crippen molar-refractivity contribution in [3.8, 4) is 5.75 Å². The Morgan fingerprint density at radius 2 is 1.91 bits per heavy atom. The van der Waals surface area contributed by atoms with Gasteiger partial charge in [-0.3, -0.25) is 9.59 Å². The van der Waals surface area contributed by atoms with Crippen molar-refractivity contribution in [1.82, 2.24) is 5.32 Å². The van der Waals surface area contributed by atoms with Crippen molar-refractivity contribution in [2.45, 2.75) is 25.6 Å². The number of alkyl halides is 3. The number of hydrogen-bond acceptors (Lipinski definition) is 4. The predicted molar refractivity (Wildman–Crippen MR) is 71.2 cm³/mol. The molecule has 0 saturated heterocycles. The highest BCUT2D eigenvalue weighted by Gasteiger charge is 2.34. The van der Waals surface area contributed by atoms with Gasteiger partial charge in [-0.25, -0.2) is 0 Å². The summed E-state index contributed by atoms with van der Waals surface area (Å²) in [5, 5.41) is 2.38. The van der Waals surface area contributed by atoms with Gasteiger partial charge in [0, 0.05) is 6.54 Å². The number of carbonyl (C=O) groups excluding carboxylic acids is 2. The van der Waals surface area contributed by atoms with Crippen LogP contribution in [0.15, 0.2) is 24.3 Å². The largest absolute Gasteiger partial charge is 0.480 e. The normalized spacial score (nSPS) is 12.4. The Bertz CT molecular complexity index is 531. The summed E-state index contributed by atoms with van der Waals surface area (Å²) in [4.78, 5) is 22.6. The zero-order chi connectivity index (χ0) is 16.8. The Morgan fingerprint density at radius 1 is 1.27 bits per heavy atom. The highest BCUT2D eigenvalue weighted by atomic mass is 19.4. The Balaban J connectivity index is 2.63. The monoisotopic (exact) mass is 319 g/mol. The molecule has 0 aliphatic carbocycles. The van der Waals surface area contributed by atoms with Gasteiger partial charge in [-0.05, 0) is 19.1 Å². The van der Waals surface area contributed by atoms with E-state index in [1.165, 1.54) is 26.2 Å². The number of benzene rings is 1. The van der Waals surface area contributed by atoms with Crippen LogP contribution in [0.2, 0.25) is 0 Å². The van der Waals surface area contributed by atoms with E-state index >= 15 is 0 Å². The number of amides is 1. The van der Waals surface area contributed by atoms with Crippen LogP contribution in [-0.2, 0) is 20.5 Å². The van der Waals surface area contributed by atoms with E-state index in [4.69, 9.17) is 4.74 Å². The molecule has 8 heteroatoms. The van der Waals surface area contributed by atoms with Gasteiger partial charge in [0.15, 0.2) is 6.10 Å².